The van der Waals surface area contributed by atoms with Crippen LogP contribution in [0.3, 0.4) is 0 Å². The van der Waals surface area contributed by atoms with Crippen LogP contribution in [0.25, 0.3) is 0 Å². The molecule has 0 radical (unpaired) electrons. The molecule has 1 amide bonds. The molecule has 1 aromatic rings. The van der Waals surface area contributed by atoms with E-state index in [1.54, 1.807) is 0 Å². The summed E-state index contributed by atoms with van der Waals surface area (Å²) in [4.78, 5) is 12.3. The third-order valence-electron chi connectivity index (χ3n) is 4.23. The van der Waals surface area contributed by atoms with Gasteiger partial charge in [0.05, 0.1) is 18.6 Å². The Labute approximate surface area is 114 Å². The zero-order valence-electron chi connectivity index (χ0n) is 11.4. The molecule has 3 nitrogen and oxygen atoms in total. The van der Waals surface area contributed by atoms with E-state index in [9.17, 15) is 4.79 Å². The number of nitrogens with one attached hydrogen (secondary N) is 1. The van der Waals surface area contributed by atoms with E-state index in [1.165, 1.54) is 16.7 Å². The first-order valence-electron chi connectivity index (χ1n) is 7.21. The van der Waals surface area contributed by atoms with Crippen molar-refractivity contribution in [3.8, 4) is 0 Å². The molecule has 1 aliphatic carbocycles. The molecule has 3 rings (SSSR count). The van der Waals surface area contributed by atoms with Gasteiger partial charge in [0.1, 0.15) is 0 Å². The molecule has 0 saturated carbocycles. The Hall–Kier alpha value is -1.35. The van der Waals surface area contributed by atoms with E-state index in [0.29, 0.717) is 6.61 Å². The third kappa shape index (κ3) is 2.66. The molecule has 1 aliphatic heterocycles. The van der Waals surface area contributed by atoms with Crippen LogP contribution in [0.2, 0.25) is 0 Å². The summed E-state index contributed by atoms with van der Waals surface area (Å²) >= 11 is 0. The summed E-state index contributed by atoms with van der Waals surface area (Å²) in [5.41, 5.74) is 3.96. The largest absolute Gasteiger partial charge is 0.381 e. The summed E-state index contributed by atoms with van der Waals surface area (Å²) in [6, 6.07) is 6.76. The Morgan fingerprint density at radius 3 is 3.05 bits per heavy atom. The van der Waals surface area contributed by atoms with E-state index in [4.69, 9.17) is 4.74 Å². The van der Waals surface area contributed by atoms with Crippen molar-refractivity contribution in [3.63, 3.8) is 0 Å². The van der Waals surface area contributed by atoms with Gasteiger partial charge < -0.3 is 10.1 Å². The molecule has 0 spiro atoms. The monoisotopic (exact) mass is 259 g/mol. The number of rotatable bonds is 2. The predicted molar refractivity (Wildman–Crippen MR) is 73.9 cm³/mol. The summed E-state index contributed by atoms with van der Waals surface area (Å²) < 4.78 is 5.40. The van der Waals surface area contributed by atoms with E-state index in [1.807, 2.05) is 0 Å². The average molecular weight is 259 g/mol. The minimum absolute atomic E-state index is 0.0441. The van der Waals surface area contributed by atoms with Crippen molar-refractivity contribution in [2.24, 2.45) is 5.92 Å². The smallest absolute Gasteiger partial charge is 0.225 e. The summed E-state index contributed by atoms with van der Waals surface area (Å²) in [6.07, 6.45) is 4.05. The van der Waals surface area contributed by atoms with E-state index in [2.05, 4.69) is 30.4 Å². The van der Waals surface area contributed by atoms with E-state index in [0.717, 1.165) is 32.3 Å². The van der Waals surface area contributed by atoms with E-state index >= 15 is 0 Å². The maximum Gasteiger partial charge on any atom is 0.225 e. The van der Waals surface area contributed by atoms with Crippen LogP contribution >= 0.6 is 0 Å². The van der Waals surface area contributed by atoms with E-state index < -0.39 is 0 Å². The second-order valence-corrected chi connectivity index (χ2v) is 5.72. The molecular weight excluding hydrogens is 238 g/mol. The van der Waals surface area contributed by atoms with Gasteiger partial charge in [-0.2, -0.15) is 0 Å². The Morgan fingerprint density at radius 2 is 2.26 bits per heavy atom. The number of hydrogen-bond acceptors (Lipinski definition) is 2. The Bertz CT molecular complexity index is 478. The number of hydrogen-bond donors (Lipinski definition) is 1. The minimum atomic E-state index is 0.0441. The highest BCUT2D eigenvalue weighted by atomic mass is 16.5. The van der Waals surface area contributed by atoms with Gasteiger partial charge in [0.2, 0.25) is 5.91 Å². The van der Waals surface area contributed by atoms with Gasteiger partial charge in [-0.1, -0.05) is 23.8 Å². The molecule has 1 saturated heterocycles. The van der Waals surface area contributed by atoms with Crippen LogP contribution in [0.1, 0.15) is 42.0 Å². The van der Waals surface area contributed by atoms with Gasteiger partial charge in [0.15, 0.2) is 0 Å². The number of benzene rings is 1. The van der Waals surface area contributed by atoms with Gasteiger partial charge in [-0.05, 0) is 43.7 Å². The molecule has 0 bridgehead atoms. The van der Waals surface area contributed by atoms with Crippen LogP contribution in [0.4, 0.5) is 0 Å². The van der Waals surface area contributed by atoms with Crippen molar-refractivity contribution in [3.05, 3.63) is 34.9 Å². The maximum atomic E-state index is 12.3. The molecule has 0 aromatic heterocycles. The number of carbonyl (C=O) groups excluding carboxylic acids is 1. The van der Waals surface area contributed by atoms with Gasteiger partial charge in [0.25, 0.3) is 0 Å². The van der Waals surface area contributed by atoms with Gasteiger partial charge in [-0.15, -0.1) is 0 Å². The standard InChI is InChI=1S/C16H21NO2/c1-11-4-5-12-6-7-15(14(12)9-11)17-16(18)13-3-2-8-19-10-13/h4-5,9,13,15H,2-3,6-8,10H2,1H3,(H,17,18). The number of fused-ring (bicyclic) bond motifs is 1. The van der Waals surface area contributed by atoms with Crippen molar-refractivity contribution in [1.29, 1.82) is 0 Å². The summed E-state index contributed by atoms with van der Waals surface area (Å²) in [5.74, 6) is 0.210. The highest BCUT2D eigenvalue weighted by Crippen LogP contribution is 2.32. The zero-order chi connectivity index (χ0) is 13.2. The van der Waals surface area contributed by atoms with Crippen LogP contribution in [-0.2, 0) is 16.0 Å². The highest BCUT2D eigenvalue weighted by molar-refractivity contribution is 5.79. The second-order valence-electron chi connectivity index (χ2n) is 5.72. The van der Waals surface area contributed by atoms with Crippen molar-refractivity contribution >= 4 is 5.91 Å². The SMILES string of the molecule is Cc1ccc2c(c1)C(NC(=O)C1CCCOC1)CC2. The first kappa shape index (κ1) is 12.7. The fourth-order valence-electron chi connectivity index (χ4n) is 3.11. The normalized spacial score (nSPS) is 25.9. The first-order valence-corrected chi connectivity index (χ1v) is 7.21. The molecule has 2 unspecified atom stereocenters. The molecule has 19 heavy (non-hydrogen) atoms. The van der Waals surface area contributed by atoms with Crippen molar-refractivity contribution in [2.45, 2.75) is 38.6 Å². The summed E-state index contributed by atoms with van der Waals surface area (Å²) in [5, 5.41) is 3.21. The van der Waals surface area contributed by atoms with Crippen LogP contribution in [-0.4, -0.2) is 19.1 Å². The predicted octanol–water partition coefficient (Wildman–Crippen LogP) is 2.53. The second kappa shape index (κ2) is 5.33. The van der Waals surface area contributed by atoms with Crippen molar-refractivity contribution < 1.29 is 9.53 Å². The lowest BCUT2D eigenvalue weighted by molar-refractivity contribution is -0.129. The molecule has 1 N–H and O–H groups in total. The highest BCUT2D eigenvalue weighted by Gasteiger charge is 2.28. The molecule has 102 valence electrons. The zero-order valence-corrected chi connectivity index (χ0v) is 11.4. The van der Waals surface area contributed by atoms with Gasteiger partial charge >= 0.3 is 0 Å². The Balaban J connectivity index is 1.68. The Morgan fingerprint density at radius 1 is 1.37 bits per heavy atom. The number of aryl methyl sites for hydroxylation is 2. The molecular formula is C16H21NO2. The summed E-state index contributed by atoms with van der Waals surface area (Å²) in [7, 11) is 0. The molecule has 1 fully saturated rings. The average Bonchev–Trinajstić information content (AvgIpc) is 2.82. The number of ether oxygens (including phenoxy) is 1. The summed E-state index contributed by atoms with van der Waals surface area (Å²) in [6.45, 7) is 3.49. The Kier molecular flexibility index (Phi) is 3.56. The van der Waals surface area contributed by atoms with E-state index in [-0.39, 0.29) is 17.9 Å². The first-order chi connectivity index (χ1) is 9.24. The molecule has 1 aromatic carbocycles. The fourth-order valence-corrected chi connectivity index (χ4v) is 3.11. The number of carbonyl (C=O) groups is 1. The van der Waals surface area contributed by atoms with Gasteiger partial charge in [0, 0.05) is 6.61 Å². The lowest BCUT2D eigenvalue weighted by atomic mass is 10.00. The lowest BCUT2D eigenvalue weighted by Gasteiger charge is -2.23. The topological polar surface area (TPSA) is 38.3 Å². The fraction of sp³-hybridized carbons (Fsp3) is 0.562. The van der Waals surface area contributed by atoms with Crippen LogP contribution < -0.4 is 5.32 Å². The lowest BCUT2D eigenvalue weighted by Crippen LogP contribution is -2.37. The third-order valence-corrected chi connectivity index (χ3v) is 4.23. The molecule has 3 heteroatoms. The molecule has 1 heterocycles. The molecule has 2 aliphatic rings. The van der Waals surface area contributed by atoms with Gasteiger partial charge in [-0.25, -0.2) is 0 Å². The quantitative estimate of drug-likeness (QED) is 0.886. The molecule has 2 atom stereocenters. The van der Waals surface area contributed by atoms with Crippen molar-refractivity contribution in [1.82, 2.24) is 5.32 Å². The van der Waals surface area contributed by atoms with Crippen LogP contribution in [0.15, 0.2) is 18.2 Å². The van der Waals surface area contributed by atoms with Crippen LogP contribution in [0, 0.1) is 12.8 Å². The minimum Gasteiger partial charge on any atom is -0.381 e. The maximum absolute atomic E-state index is 12.3. The number of amides is 1. The van der Waals surface area contributed by atoms with Crippen molar-refractivity contribution in [2.75, 3.05) is 13.2 Å². The van der Waals surface area contributed by atoms with Crippen LogP contribution in [0.5, 0.6) is 0 Å². The van der Waals surface area contributed by atoms with Gasteiger partial charge in [-0.3, -0.25) is 4.79 Å².